The minimum Gasteiger partial charge on any atom is -0.364 e. The van der Waals surface area contributed by atoms with E-state index in [9.17, 15) is 4.39 Å². The summed E-state index contributed by atoms with van der Waals surface area (Å²) in [5, 5.41) is 0. The summed E-state index contributed by atoms with van der Waals surface area (Å²) >= 11 is 0. The van der Waals surface area contributed by atoms with Crippen LogP contribution in [-0.4, -0.2) is 37.1 Å². The van der Waals surface area contributed by atoms with Crippen LogP contribution >= 0.6 is 0 Å². The zero-order chi connectivity index (χ0) is 7.56. The molecule has 1 unspecified atom stereocenters. The number of methoxy groups -OCH3 is 1. The molecular weight excluding hydrogens is 135 g/mol. The van der Waals surface area contributed by atoms with E-state index >= 15 is 0 Å². The topological polar surface area (TPSA) is 15.7 Å². The standard InChI is InChI=1S/C6H11FN2O/c1-8-3-4-9(5-10-2)6(8)7/h3-4,6H,5H2,1-2H3. The average molecular weight is 146 g/mol. The van der Waals surface area contributed by atoms with E-state index in [1.54, 1.807) is 26.6 Å². The lowest BCUT2D eigenvalue weighted by Crippen LogP contribution is -2.33. The van der Waals surface area contributed by atoms with Gasteiger partial charge in [-0.3, -0.25) is 0 Å². The van der Waals surface area contributed by atoms with Crippen molar-refractivity contribution >= 4 is 0 Å². The predicted molar refractivity (Wildman–Crippen MR) is 35.5 cm³/mol. The molecule has 1 aliphatic heterocycles. The molecule has 0 aromatic rings. The Bertz CT molecular complexity index is 140. The molecule has 4 heteroatoms. The van der Waals surface area contributed by atoms with Gasteiger partial charge in [0.05, 0.1) is 0 Å². The van der Waals surface area contributed by atoms with Gasteiger partial charge in [0, 0.05) is 26.6 Å². The second-order valence-electron chi connectivity index (χ2n) is 2.21. The Morgan fingerprint density at radius 2 is 2.30 bits per heavy atom. The fraction of sp³-hybridized carbons (Fsp3) is 0.667. The van der Waals surface area contributed by atoms with Gasteiger partial charge in [-0.15, -0.1) is 0 Å². The van der Waals surface area contributed by atoms with Crippen LogP contribution < -0.4 is 0 Å². The van der Waals surface area contributed by atoms with Crippen molar-refractivity contribution < 1.29 is 9.13 Å². The first-order chi connectivity index (χ1) is 4.75. The molecule has 0 bridgehead atoms. The van der Waals surface area contributed by atoms with Crippen LogP contribution in [0.5, 0.6) is 0 Å². The maximum Gasteiger partial charge on any atom is 0.250 e. The van der Waals surface area contributed by atoms with Gasteiger partial charge in [-0.25, -0.2) is 0 Å². The Morgan fingerprint density at radius 3 is 2.70 bits per heavy atom. The van der Waals surface area contributed by atoms with Crippen molar-refractivity contribution in [3.63, 3.8) is 0 Å². The van der Waals surface area contributed by atoms with Crippen LogP contribution in [0.4, 0.5) is 4.39 Å². The van der Waals surface area contributed by atoms with Gasteiger partial charge < -0.3 is 14.5 Å². The van der Waals surface area contributed by atoms with Crippen LogP contribution in [0, 0.1) is 0 Å². The van der Waals surface area contributed by atoms with Gasteiger partial charge >= 0.3 is 0 Å². The first-order valence-electron chi connectivity index (χ1n) is 3.04. The summed E-state index contributed by atoms with van der Waals surface area (Å²) in [7, 11) is 3.22. The highest BCUT2D eigenvalue weighted by atomic mass is 19.1. The monoisotopic (exact) mass is 146 g/mol. The summed E-state index contributed by atoms with van der Waals surface area (Å²) < 4.78 is 17.6. The smallest absolute Gasteiger partial charge is 0.250 e. The SMILES string of the molecule is COCN1C=CN(C)C1F. The highest BCUT2D eigenvalue weighted by Crippen LogP contribution is 2.13. The van der Waals surface area contributed by atoms with E-state index in [4.69, 9.17) is 4.74 Å². The Labute approximate surface area is 59.7 Å². The van der Waals surface area contributed by atoms with E-state index < -0.39 is 6.42 Å². The molecule has 10 heavy (non-hydrogen) atoms. The molecule has 1 heterocycles. The van der Waals surface area contributed by atoms with Crippen LogP contribution in [0.3, 0.4) is 0 Å². The third-order valence-electron chi connectivity index (χ3n) is 1.38. The van der Waals surface area contributed by atoms with E-state index in [0.717, 1.165) is 0 Å². The normalized spacial score (nSPS) is 24.5. The Hall–Kier alpha value is -0.770. The molecule has 0 saturated heterocycles. The lowest BCUT2D eigenvalue weighted by atomic mass is 10.8. The molecule has 0 radical (unpaired) electrons. The van der Waals surface area contributed by atoms with E-state index in [1.807, 2.05) is 0 Å². The van der Waals surface area contributed by atoms with Crippen LogP contribution in [-0.2, 0) is 4.74 Å². The van der Waals surface area contributed by atoms with Gasteiger partial charge in [0.25, 0.3) is 6.42 Å². The van der Waals surface area contributed by atoms with Crippen LogP contribution in [0.25, 0.3) is 0 Å². The van der Waals surface area contributed by atoms with E-state index in [0.29, 0.717) is 6.73 Å². The quantitative estimate of drug-likeness (QED) is 0.529. The zero-order valence-electron chi connectivity index (χ0n) is 6.12. The largest absolute Gasteiger partial charge is 0.364 e. The molecule has 3 nitrogen and oxygen atoms in total. The fourth-order valence-electron chi connectivity index (χ4n) is 0.820. The average Bonchev–Trinajstić information content (AvgIpc) is 2.20. The van der Waals surface area contributed by atoms with Gasteiger partial charge in [-0.05, 0) is 0 Å². The summed E-state index contributed by atoms with van der Waals surface area (Å²) in [6, 6.07) is 0. The highest BCUT2D eigenvalue weighted by Gasteiger charge is 2.21. The molecule has 1 atom stereocenters. The second kappa shape index (κ2) is 2.88. The van der Waals surface area contributed by atoms with Gasteiger partial charge in [-0.1, -0.05) is 0 Å². The summed E-state index contributed by atoms with van der Waals surface area (Å²) in [4.78, 5) is 2.93. The maximum absolute atomic E-state index is 12.9. The predicted octanol–water partition coefficient (Wildman–Crippen LogP) is 0.562. The number of rotatable bonds is 2. The van der Waals surface area contributed by atoms with E-state index in [2.05, 4.69) is 0 Å². The van der Waals surface area contributed by atoms with Gasteiger partial charge in [-0.2, -0.15) is 4.39 Å². The van der Waals surface area contributed by atoms with Crippen molar-refractivity contribution in [2.75, 3.05) is 20.9 Å². The van der Waals surface area contributed by atoms with Gasteiger partial charge in [0.1, 0.15) is 6.73 Å². The summed E-state index contributed by atoms with van der Waals surface area (Å²) in [6.07, 6.45) is 2.26. The molecule has 0 saturated carbocycles. The Balaban J connectivity index is 2.41. The molecule has 0 aliphatic carbocycles. The highest BCUT2D eigenvalue weighted by molar-refractivity contribution is 4.89. The van der Waals surface area contributed by atoms with Gasteiger partial charge in [0.15, 0.2) is 0 Å². The number of alkyl halides is 1. The number of nitrogens with zero attached hydrogens (tertiary/aromatic N) is 2. The number of halogens is 1. The molecular formula is C6H11FN2O. The fourth-order valence-corrected chi connectivity index (χ4v) is 0.820. The lowest BCUT2D eigenvalue weighted by Gasteiger charge is -2.21. The molecule has 0 aromatic heterocycles. The minimum atomic E-state index is -1.07. The third kappa shape index (κ3) is 1.21. The number of hydrogen-bond donors (Lipinski definition) is 0. The van der Waals surface area contributed by atoms with Crippen molar-refractivity contribution in [2.45, 2.75) is 6.42 Å². The molecule has 1 aliphatic rings. The molecule has 0 amide bonds. The van der Waals surface area contributed by atoms with Crippen LogP contribution in [0.2, 0.25) is 0 Å². The molecule has 0 N–H and O–H groups in total. The zero-order valence-corrected chi connectivity index (χ0v) is 6.12. The second-order valence-corrected chi connectivity index (χ2v) is 2.21. The first-order valence-corrected chi connectivity index (χ1v) is 3.04. The van der Waals surface area contributed by atoms with Crippen molar-refractivity contribution in [3.8, 4) is 0 Å². The first kappa shape index (κ1) is 7.34. The third-order valence-corrected chi connectivity index (χ3v) is 1.38. The van der Waals surface area contributed by atoms with Crippen molar-refractivity contribution in [1.29, 1.82) is 0 Å². The Kier molecular flexibility index (Phi) is 2.11. The summed E-state index contributed by atoms with van der Waals surface area (Å²) in [5.41, 5.74) is 0. The van der Waals surface area contributed by atoms with Gasteiger partial charge in [0.2, 0.25) is 0 Å². The molecule has 58 valence electrons. The lowest BCUT2D eigenvalue weighted by molar-refractivity contribution is -0.0218. The van der Waals surface area contributed by atoms with E-state index in [-0.39, 0.29) is 0 Å². The number of ether oxygens (including phenoxy) is 1. The molecule has 0 spiro atoms. The number of hydrogen-bond acceptors (Lipinski definition) is 3. The molecule has 0 fully saturated rings. The van der Waals surface area contributed by atoms with Crippen LogP contribution in [0.1, 0.15) is 0 Å². The Morgan fingerprint density at radius 1 is 1.60 bits per heavy atom. The summed E-state index contributed by atoms with van der Waals surface area (Å²) in [6.45, 7) is 0.294. The van der Waals surface area contributed by atoms with Crippen molar-refractivity contribution in [1.82, 2.24) is 9.80 Å². The maximum atomic E-state index is 12.9. The minimum absolute atomic E-state index is 0.294. The summed E-state index contributed by atoms with van der Waals surface area (Å²) in [5.74, 6) is 0. The molecule has 0 aromatic carbocycles. The van der Waals surface area contributed by atoms with Crippen molar-refractivity contribution in [2.24, 2.45) is 0 Å². The van der Waals surface area contributed by atoms with Crippen molar-refractivity contribution in [3.05, 3.63) is 12.4 Å². The van der Waals surface area contributed by atoms with E-state index in [1.165, 1.54) is 9.80 Å². The molecule has 1 rings (SSSR count). The van der Waals surface area contributed by atoms with Crippen LogP contribution in [0.15, 0.2) is 12.4 Å².